The average Bonchev–Trinajstić information content (AvgIpc) is 2.69. The standard InChI is InChI=1S/C20H17FN4O/c21-18-11-5-6-12-19(18)23-20(24-25-22)17-10-4-3-9-16(17)15-8-2-1-7-14(15)13-26/h1-13,23,26H,(H2,22,24). The van der Waals surface area contributed by atoms with E-state index in [2.05, 4.69) is 15.7 Å². The molecule has 0 atom stereocenters. The van der Waals surface area contributed by atoms with E-state index < -0.39 is 5.82 Å². The largest absolute Gasteiger partial charge is 0.515 e. The monoisotopic (exact) mass is 348 g/mol. The number of anilines is 1. The topological polar surface area (TPSA) is 83.0 Å². The van der Waals surface area contributed by atoms with Gasteiger partial charge in [0.15, 0.2) is 5.82 Å². The highest BCUT2D eigenvalue weighted by atomic mass is 19.1. The Balaban J connectivity index is 2.42. The van der Waals surface area contributed by atoms with Crippen molar-refractivity contribution in [2.75, 3.05) is 5.32 Å². The minimum Gasteiger partial charge on any atom is -0.515 e. The minimum absolute atomic E-state index is 0.256. The van der Waals surface area contributed by atoms with Gasteiger partial charge in [0.05, 0.1) is 11.9 Å². The quantitative estimate of drug-likeness (QED) is 0.387. The maximum atomic E-state index is 14.0. The van der Waals surface area contributed by atoms with E-state index in [1.807, 2.05) is 42.5 Å². The molecule has 5 nitrogen and oxygen atoms in total. The van der Waals surface area contributed by atoms with E-state index in [9.17, 15) is 9.50 Å². The van der Waals surface area contributed by atoms with Gasteiger partial charge in [-0.1, -0.05) is 65.9 Å². The first-order chi connectivity index (χ1) is 12.7. The second-order valence-electron chi connectivity index (χ2n) is 5.43. The number of para-hydroxylation sites is 1. The summed E-state index contributed by atoms with van der Waals surface area (Å²) < 4.78 is 14.0. The number of rotatable bonds is 3. The zero-order valence-corrected chi connectivity index (χ0v) is 13.8. The predicted octanol–water partition coefficient (Wildman–Crippen LogP) is 2.91. The third kappa shape index (κ3) is 3.54. The smallest absolute Gasteiger partial charge is 0.162 e. The molecule has 0 unspecified atom stereocenters. The fourth-order valence-corrected chi connectivity index (χ4v) is 2.67. The second-order valence-corrected chi connectivity index (χ2v) is 5.43. The van der Waals surface area contributed by atoms with Gasteiger partial charge in [-0.25, -0.2) is 4.39 Å². The second kappa shape index (κ2) is 7.94. The van der Waals surface area contributed by atoms with Crippen molar-refractivity contribution < 1.29 is 9.50 Å². The van der Waals surface area contributed by atoms with Crippen LogP contribution < -0.4 is 21.6 Å². The van der Waals surface area contributed by atoms with Gasteiger partial charge in [-0.2, -0.15) is 0 Å². The SMILES string of the molecule is NN=NC(Nc1ccccc1F)=c1ccccc1=c1ccccc1=CO. The molecule has 26 heavy (non-hydrogen) atoms. The van der Waals surface area contributed by atoms with Gasteiger partial charge in [0.25, 0.3) is 0 Å². The van der Waals surface area contributed by atoms with Crippen LogP contribution in [0.5, 0.6) is 0 Å². The molecule has 3 aromatic rings. The highest BCUT2D eigenvalue weighted by Crippen LogP contribution is 2.15. The highest BCUT2D eigenvalue weighted by Gasteiger charge is 2.05. The van der Waals surface area contributed by atoms with E-state index in [1.165, 1.54) is 6.07 Å². The van der Waals surface area contributed by atoms with Crippen LogP contribution in [0.15, 0.2) is 83.1 Å². The number of nitrogens with two attached hydrogens (primary N) is 1. The fraction of sp³-hybridized carbons (Fsp3) is 0. The number of hydrogen-bond donors (Lipinski definition) is 3. The summed E-state index contributed by atoms with van der Waals surface area (Å²) in [5, 5.41) is 22.7. The number of aliphatic hydroxyl groups excluding tert-OH is 1. The van der Waals surface area contributed by atoms with Crippen LogP contribution in [0.2, 0.25) is 0 Å². The third-order valence-electron chi connectivity index (χ3n) is 3.86. The predicted molar refractivity (Wildman–Crippen MR) is 99.4 cm³/mol. The Morgan fingerprint density at radius 1 is 0.923 bits per heavy atom. The molecule has 0 radical (unpaired) electrons. The number of nitrogens with one attached hydrogen (secondary N) is 1. The Kier molecular flexibility index (Phi) is 5.24. The summed E-state index contributed by atoms with van der Waals surface area (Å²) in [5.41, 5.74) is 0.256. The summed E-state index contributed by atoms with van der Waals surface area (Å²) in [6.45, 7) is 0. The van der Waals surface area contributed by atoms with Crippen molar-refractivity contribution in [2.24, 2.45) is 16.2 Å². The van der Waals surface area contributed by atoms with E-state index in [0.29, 0.717) is 16.3 Å². The van der Waals surface area contributed by atoms with E-state index >= 15 is 0 Å². The lowest BCUT2D eigenvalue weighted by molar-refractivity contribution is 0.540. The van der Waals surface area contributed by atoms with E-state index in [1.54, 1.807) is 24.3 Å². The molecule has 0 aromatic heterocycles. The summed E-state index contributed by atoms with van der Waals surface area (Å²) in [6.07, 6.45) is 1.04. The lowest BCUT2D eigenvalue weighted by Gasteiger charge is -2.07. The molecule has 0 heterocycles. The molecule has 0 spiro atoms. The molecule has 0 saturated carbocycles. The van der Waals surface area contributed by atoms with Crippen molar-refractivity contribution in [2.45, 2.75) is 0 Å². The van der Waals surface area contributed by atoms with Crippen molar-refractivity contribution in [3.63, 3.8) is 0 Å². The van der Waals surface area contributed by atoms with E-state index in [-0.39, 0.29) is 5.69 Å². The average molecular weight is 348 g/mol. The van der Waals surface area contributed by atoms with Gasteiger partial charge in [0.1, 0.15) is 5.82 Å². The van der Waals surface area contributed by atoms with Gasteiger partial charge < -0.3 is 16.3 Å². The molecule has 130 valence electrons. The van der Waals surface area contributed by atoms with Gasteiger partial charge in [-0.15, -0.1) is 5.11 Å². The highest BCUT2D eigenvalue weighted by molar-refractivity contribution is 5.64. The Labute approximate surface area is 148 Å². The number of hydrogen-bond acceptors (Lipinski definition) is 4. The van der Waals surface area contributed by atoms with Crippen molar-refractivity contribution in [1.82, 2.24) is 0 Å². The molecule has 0 saturated heterocycles. The van der Waals surface area contributed by atoms with Gasteiger partial charge in [-0.05, 0) is 22.6 Å². The summed E-state index contributed by atoms with van der Waals surface area (Å²) in [5.74, 6) is 5.14. The van der Waals surface area contributed by atoms with E-state index in [0.717, 1.165) is 16.7 Å². The molecular weight excluding hydrogens is 331 g/mol. The van der Waals surface area contributed by atoms with Crippen LogP contribution >= 0.6 is 0 Å². The molecule has 0 aliphatic heterocycles. The first-order valence-electron chi connectivity index (χ1n) is 7.90. The molecular formula is C20H17FN4O. The van der Waals surface area contributed by atoms with Crippen LogP contribution in [-0.2, 0) is 0 Å². The maximum absolute atomic E-state index is 14.0. The number of benzene rings is 3. The van der Waals surface area contributed by atoms with Gasteiger partial charge in [0, 0.05) is 10.4 Å². The van der Waals surface area contributed by atoms with Crippen molar-refractivity contribution >= 4 is 17.8 Å². The number of aliphatic hydroxyl groups is 1. The lowest BCUT2D eigenvalue weighted by atomic mass is 10.1. The minimum atomic E-state index is -0.418. The molecule has 3 aromatic carbocycles. The van der Waals surface area contributed by atoms with Gasteiger partial charge in [0.2, 0.25) is 0 Å². The molecule has 6 heteroatoms. The molecule has 0 fully saturated rings. The molecule has 4 N–H and O–H groups in total. The van der Waals surface area contributed by atoms with Crippen LogP contribution in [0.1, 0.15) is 0 Å². The maximum Gasteiger partial charge on any atom is 0.162 e. The summed E-state index contributed by atoms with van der Waals surface area (Å²) >= 11 is 0. The molecule has 0 aliphatic rings. The molecule has 0 amide bonds. The number of halogens is 1. The molecule has 3 rings (SSSR count). The van der Waals surface area contributed by atoms with Crippen LogP contribution in [0.25, 0.3) is 12.1 Å². The molecule has 0 bridgehead atoms. The molecule has 0 aliphatic carbocycles. The van der Waals surface area contributed by atoms with E-state index in [4.69, 9.17) is 5.84 Å². The summed E-state index contributed by atoms with van der Waals surface area (Å²) in [6, 6.07) is 21.0. The van der Waals surface area contributed by atoms with Crippen LogP contribution in [-0.4, -0.2) is 5.11 Å². The first kappa shape index (κ1) is 17.2. The zero-order chi connectivity index (χ0) is 18.4. The number of nitrogens with zero attached hydrogens (tertiary/aromatic N) is 2. The van der Waals surface area contributed by atoms with Crippen LogP contribution in [0.4, 0.5) is 10.1 Å². The third-order valence-corrected chi connectivity index (χ3v) is 3.86. The lowest BCUT2D eigenvalue weighted by Crippen LogP contribution is -2.16. The van der Waals surface area contributed by atoms with Crippen LogP contribution in [0, 0.1) is 16.3 Å². The first-order valence-corrected chi connectivity index (χ1v) is 7.90. The fourth-order valence-electron chi connectivity index (χ4n) is 2.67. The Hall–Kier alpha value is -3.67. The summed E-state index contributed by atoms with van der Waals surface area (Å²) in [4.78, 5) is 0. The van der Waals surface area contributed by atoms with Gasteiger partial charge in [-0.3, -0.25) is 0 Å². The van der Waals surface area contributed by atoms with Crippen molar-refractivity contribution in [3.8, 4) is 0 Å². The Bertz CT molecular complexity index is 1160. The van der Waals surface area contributed by atoms with Crippen molar-refractivity contribution in [1.29, 1.82) is 0 Å². The van der Waals surface area contributed by atoms with Crippen LogP contribution in [0.3, 0.4) is 0 Å². The van der Waals surface area contributed by atoms with Crippen molar-refractivity contribution in [3.05, 3.63) is 99.5 Å². The zero-order valence-electron chi connectivity index (χ0n) is 13.8. The normalized spacial score (nSPS) is 14.4. The van der Waals surface area contributed by atoms with Gasteiger partial charge >= 0.3 is 0 Å². The Morgan fingerprint density at radius 3 is 2.31 bits per heavy atom. The Morgan fingerprint density at radius 2 is 1.58 bits per heavy atom. The summed E-state index contributed by atoms with van der Waals surface area (Å²) in [7, 11) is 0.